The van der Waals surface area contributed by atoms with Gasteiger partial charge in [0.15, 0.2) is 0 Å². The molecular formula is C16H24BrNO2. The number of nitrogens with one attached hydrogen (secondary N) is 1. The van der Waals surface area contributed by atoms with Crippen LogP contribution in [0.4, 0.5) is 0 Å². The van der Waals surface area contributed by atoms with E-state index in [9.17, 15) is 0 Å². The Hall–Kier alpha value is -0.580. The van der Waals surface area contributed by atoms with Crippen LogP contribution >= 0.6 is 15.9 Å². The van der Waals surface area contributed by atoms with Crippen molar-refractivity contribution in [3.8, 4) is 5.75 Å². The maximum Gasteiger partial charge on any atom is 0.120 e. The van der Waals surface area contributed by atoms with Gasteiger partial charge in [0, 0.05) is 23.7 Å². The molecule has 0 radical (unpaired) electrons. The molecule has 1 fully saturated rings. The third kappa shape index (κ3) is 3.96. The van der Waals surface area contributed by atoms with E-state index in [-0.39, 0.29) is 0 Å². The number of rotatable bonds is 6. The second kappa shape index (κ2) is 8.01. The van der Waals surface area contributed by atoms with Crippen molar-refractivity contribution in [1.82, 2.24) is 5.32 Å². The van der Waals surface area contributed by atoms with Crippen molar-refractivity contribution in [2.45, 2.75) is 32.2 Å². The van der Waals surface area contributed by atoms with Crippen molar-refractivity contribution in [3.63, 3.8) is 0 Å². The Morgan fingerprint density at radius 1 is 1.40 bits per heavy atom. The van der Waals surface area contributed by atoms with Gasteiger partial charge in [-0.3, -0.25) is 0 Å². The normalized spacial score (nSPS) is 17.9. The zero-order valence-electron chi connectivity index (χ0n) is 12.3. The molecular weight excluding hydrogens is 318 g/mol. The zero-order chi connectivity index (χ0) is 14.4. The number of halogens is 1. The fourth-order valence-electron chi connectivity index (χ4n) is 2.77. The highest BCUT2D eigenvalue weighted by Crippen LogP contribution is 2.35. The third-order valence-corrected chi connectivity index (χ3v) is 4.58. The molecule has 0 aromatic heterocycles. The van der Waals surface area contributed by atoms with E-state index in [1.54, 1.807) is 7.11 Å². The monoisotopic (exact) mass is 341 g/mol. The first-order chi connectivity index (χ1) is 9.76. The average molecular weight is 342 g/mol. The summed E-state index contributed by atoms with van der Waals surface area (Å²) < 4.78 is 11.9. The molecule has 4 heteroatoms. The van der Waals surface area contributed by atoms with Crippen LogP contribution in [0.1, 0.15) is 37.8 Å². The highest BCUT2D eigenvalue weighted by Gasteiger charge is 2.26. The summed E-state index contributed by atoms with van der Waals surface area (Å²) in [4.78, 5) is 0. The minimum Gasteiger partial charge on any atom is -0.497 e. The standard InChI is InChI=1S/C16H24BrNO2/c1-3-8-18-16(12-6-9-20-10-7-12)14-5-4-13(19-2)11-15(14)17/h4-5,11-12,16,18H,3,6-10H2,1-2H3. The van der Waals surface area contributed by atoms with Crippen LogP contribution in [0.2, 0.25) is 0 Å². The second-order valence-electron chi connectivity index (χ2n) is 5.27. The van der Waals surface area contributed by atoms with Gasteiger partial charge in [0.2, 0.25) is 0 Å². The summed E-state index contributed by atoms with van der Waals surface area (Å²) in [5.74, 6) is 1.53. The Balaban J connectivity index is 2.20. The van der Waals surface area contributed by atoms with Crippen LogP contribution in [0.15, 0.2) is 22.7 Å². The van der Waals surface area contributed by atoms with Gasteiger partial charge in [0.25, 0.3) is 0 Å². The molecule has 1 atom stereocenters. The van der Waals surface area contributed by atoms with E-state index in [0.29, 0.717) is 12.0 Å². The van der Waals surface area contributed by atoms with E-state index in [2.05, 4.69) is 40.3 Å². The summed E-state index contributed by atoms with van der Waals surface area (Å²) in [6, 6.07) is 6.65. The van der Waals surface area contributed by atoms with Crippen LogP contribution in [0.5, 0.6) is 5.75 Å². The van der Waals surface area contributed by atoms with Crippen molar-refractivity contribution in [3.05, 3.63) is 28.2 Å². The van der Waals surface area contributed by atoms with Crippen LogP contribution in [0.3, 0.4) is 0 Å². The molecule has 20 heavy (non-hydrogen) atoms. The highest BCUT2D eigenvalue weighted by atomic mass is 79.9. The predicted molar refractivity (Wildman–Crippen MR) is 85.3 cm³/mol. The molecule has 1 saturated heterocycles. The number of methoxy groups -OCH3 is 1. The average Bonchev–Trinajstić information content (AvgIpc) is 2.50. The molecule has 0 saturated carbocycles. The van der Waals surface area contributed by atoms with E-state index in [1.807, 2.05) is 6.07 Å². The van der Waals surface area contributed by atoms with Crippen LogP contribution in [0.25, 0.3) is 0 Å². The van der Waals surface area contributed by atoms with Gasteiger partial charge >= 0.3 is 0 Å². The second-order valence-corrected chi connectivity index (χ2v) is 6.12. The van der Waals surface area contributed by atoms with Crippen molar-refractivity contribution in [2.75, 3.05) is 26.9 Å². The number of hydrogen-bond donors (Lipinski definition) is 1. The maximum atomic E-state index is 5.50. The van der Waals surface area contributed by atoms with Gasteiger partial charge in [0.05, 0.1) is 7.11 Å². The fraction of sp³-hybridized carbons (Fsp3) is 0.625. The van der Waals surface area contributed by atoms with E-state index < -0.39 is 0 Å². The lowest BCUT2D eigenvalue weighted by Gasteiger charge is -2.32. The number of ether oxygens (including phenoxy) is 2. The molecule has 1 aliphatic rings. The van der Waals surface area contributed by atoms with Crippen LogP contribution in [0, 0.1) is 5.92 Å². The Labute approximate surface area is 130 Å². The zero-order valence-corrected chi connectivity index (χ0v) is 13.9. The lowest BCUT2D eigenvalue weighted by molar-refractivity contribution is 0.0535. The van der Waals surface area contributed by atoms with E-state index in [4.69, 9.17) is 9.47 Å². The van der Waals surface area contributed by atoms with Crippen molar-refractivity contribution >= 4 is 15.9 Å². The molecule has 3 nitrogen and oxygen atoms in total. The van der Waals surface area contributed by atoms with Gasteiger partial charge in [0.1, 0.15) is 5.75 Å². The fourth-order valence-corrected chi connectivity index (χ4v) is 3.37. The van der Waals surface area contributed by atoms with Crippen molar-refractivity contribution in [2.24, 2.45) is 5.92 Å². The van der Waals surface area contributed by atoms with Gasteiger partial charge in [-0.1, -0.05) is 28.9 Å². The third-order valence-electron chi connectivity index (χ3n) is 3.89. The molecule has 112 valence electrons. The summed E-state index contributed by atoms with van der Waals surface area (Å²) in [5, 5.41) is 3.71. The highest BCUT2D eigenvalue weighted by molar-refractivity contribution is 9.10. The lowest BCUT2D eigenvalue weighted by atomic mass is 9.87. The molecule has 2 rings (SSSR count). The smallest absolute Gasteiger partial charge is 0.120 e. The molecule has 0 amide bonds. The minimum atomic E-state index is 0.388. The van der Waals surface area contributed by atoms with Crippen LogP contribution in [-0.2, 0) is 4.74 Å². The van der Waals surface area contributed by atoms with Gasteiger partial charge in [-0.15, -0.1) is 0 Å². The summed E-state index contributed by atoms with van der Waals surface area (Å²) in [5.41, 5.74) is 1.33. The number of benzene rings is 1. The lowest BCUT2D eigenvalue weighted by Crippen LogP contribution is -2.32. The first kappa shape index (κ1) is 15.8. The van der Waals surface area contributed by atoms with Gasteiger partial charge in [-0.05, 0) is 49.4 Å². The Morgan fingerprint density at radius 3 is 2.75 bits per heavy atom. The minimum absolute atomic E-state index is 0.388. The van der Waals surface area contributed by atoms with E-state index in [0.717, 1.165) is 49.2 Å². The van der Waals surface area contributed by atoms with Gasteiger partial charge < -0.3 is 14.8 Å². The molecule has 0 bridgehead atoms. The van der Waals surface area contributed by atoms with Crippen molar-refractivity contribution < 1.29 is 9.47 Å². The quantitative estimate of drug-likeness (QED) is 0.850. The van der Waals surface area contributed by atoms with Crippen LogP contribution < -0.4 is 10.1 Å². The van der Waals surface area contributed by atoms with E-state index in [1.165, 1.54) is 5.56 Å². The molecule has 1 aromatic carbocycles. The number of hydrogen-bond acceptors (Lipinski definition) is 3. The Kier molecular flexibility index (Phi) is 6.33. The molecule has 0 spiro atoms. The largest absolute Gasteiger partial charge is 0.497 e. The Bertz CT molecular complexity index is 419. The summed E-state index contributed by atoms with van der Waals surface area (Å²) in [6.45, 7) is 5.00. The first-order valence-electron chi connectivity index (χ1n) is 7.40. The van der Waals surface area contributed by atoms with Crippen LogP contribution in [-0.4, -0.2) is 26.9 Å². The molecule has 0 aliphatic carbocycles. The molecule has 1 aliphatic heterocycles. The predicted octanol–water partition coefficient (Wildman–Crippen LogP) is 3.93. The Morgan fingerprint density at radius 2 is 2.15 bits per heavy atom. The molecule has 1 unspecified atom stereocenters. The molecule has 1 aromatic rings. The first-order valence-corrected chi connectivity index (χ1v) is 8.20. The SMILES string of the molecule is CCCNC(c1ccc(OC)cc1Br)C1CCOCC1. The molecule has 1 heterocycles. The molecule has 1 N–H and O–H groups in total. The summed E-state index contributed by atoms with van der Waals surface area (Å²) in [6.07, 6.45) is 3.40. The topological polar surface area (TPSA) is 30.5 Å². The van der Waals surface area contributed by atoms with E-state index >= 15 is 0 Å². The van der Waals surface area contributed by atoms with Gasteiger partial charge in [-0.2, -0.15) is 0 Å². The summed E-state index contributed by atoms with van der Waals surface area (Å²) in [7, 11) is 1.70. The summed E-state index contributed by atoms with van der Waals surface area (Å²) >= 11 is 3.70. The maximum absolute atomic E-state index is 5.50. The van der Waals surface area contributed by atoms with Gasteiger partial charge in [-0.25, -0.2) is 0 Å². The van der Waals surface area contributed by atoms with Crippen molar-refractivity contribution in [1.29, 1.82) is 0 Å².